The van der Waals surface area contributed by atoms with E-state index in [1.165, 1.54) is 13.5 Å². The summed E-state index contributed by atoms with van der Waals surface area (Å²) < 4.78 is 26.4. The van der Waals surface area contributed by atoms with Gasteiger partial charge in [-0.1, -0.05) is 6.07 Å². The average molecular weight is 311 g/mol. The van der Waals surface area contributed by atoms with Crippen LogP contribution in [0.1, 0.15) is 24.8 Å². The predicted molar refractivity (Wildman–Crippen MR) is 86.2 cm³/mol. The van der Waals surface area contributed by atoms with Crippen LogP contribution in [0.5, 0.6) is 0 Å². The Morgan fingerprint density at radius 3 is 2.71 bits per heavy atom. The lowest BCUT2D eigenvalue weighted by Gasteiger charge is -2.19. The maximum atomic E-state index is 12.0. The van der Waals surface area contributed by atoms with Gasteiger partial charge in [0.05, 0.1) is 4.90 Å². The number of nitrogens with one attached hydrogen (secondary N) is 2. The molecule has 1 aromatic carbocycles. The summed E-state index contributed by atoms with van der Waals surface area (Å²) in [6.07, 6.45) is 3.37. The highest BCUT2D eigenvalue weighted by molar-refractivity contribution is 7.89. The van der Waals surface area contributed by atoms with Crippen LogP contribution in [0.4, 0.5) is 5.69 Å². The zero-order valence-electron chi connectivity index (χ0n) is 13.0. The molecular weight excluding hydrogens is 286 g/mol. The van der Waals surface area contributed by atoms with Crippen molar-refractivity contribution in [3.63, 3.8) is 0 Å². The quantitative estimate of drug-likeness (QED) is 0.890. The molecule has 1 aromatic rings. The van der Waals surface area contributed by atoms with E-state index in [2.05, 4.69) is 22.0 Å². The van der Waals surface area contributed by atoms with Gasteiger partial charge in [-0.2, -0.15) is 0 Å². The fourth-order valence-corrected chi connectivity index (χ4v) is 3.70. The van der Waals surface area contributed by atoms with Crippen molar-refractivity contribution < 1.29 is 8.42 Å². The molecule has 0 radical (unpaired) electrons. The van der Waals surface area contributed by atoms with Crippen LogP contribution in [0.25, 0.3) is 0 Å². The molecule has 2 N–H and O–H groups in total. The Morgan fingerprint density at radius 1 is 1.24 bits per heavy atom. The highest BCUT2D eigenvalue weighted by atomic mass is 32.2. The summed E-state index contributed by atoms with van der Waals surface area (Å²) in [6.45, 7) is 4.02. The number of likely N-dealkylation sites (tertiary alicyclic amines) is 1. The van der Waals surface area contributed by atoms with E-state index < -0.39 is 10.0 Å². The minimum atomic E-state index is -3.41. The zero-order chi connectivity index (χ0) is 15.5. The third kappa shape index (κ3) is 4.18. The number of hydrogen-bond donors (Lipinski definition) is 2. The predicted octanol–water partition coefficient (Wildman–Crippen LogP) is 1.80. The van der Waals surface area contributed by atoms with E-state index in [0.717, 1.165) is 37.2 Å². The normalized spacial score (nSPS) is 21.0. The van der Waals surface area contributed by atoms with Gasteiger partial charge in [0.1, 0.15) is 0 Å². The van der Waals surface area contributed by atoms with Crippen LogP contribution >= 0.6 is 0 Å². The minimum Gasteiger partial charge on any atom is -0.382 e. The van der Waals surface area contributed by atoms with E-state index >= 15 is 0 Å². The number of hydrogen-bond acceptors (Lipinski definition) is 4. The van der Waals surface area contributed by atoms with Gasteiger partial charge in [-0.3, -0.25) is 0 Å². The summed E-state index contributed by atoms with van der Waals surface area (Å²) in [5, 5.41) is 3.49. The molecule has 0 aromatic heterocycles. The molecule has 0 aliphatic carbocycles. The van der Waals surface area contributed by atoms with Crippen molar-refractivity contribution in [3.05, 3.63) is 23.8 Å². The van der Waals surface area contributed by atoms with Crippen molar-refractivity contribution in [1.82, 2.24) is 9.62 Å². The van der Waals surface area contributed by atoms with Gasteiger partial charge in [0, 0.05) is 11.7 Å². The molecule has 0 spiro atoms. The second-order valence-corrected chi connectivity index (χ2v) is 7.62. The fourth-order valence-electron chi connectivity index (χ4n) is 2.71. The molecule has 0 saturated carbocycles. The Kier molecular flexibility index (Phi) is 5.24. The third-order valence-electron chi connectivity index (χ3n) is 4.07. The molecule has 1 aliphatic rings. The molecule has 5 nitrogen and oxygen atoms in total. The van der Waals surface area contributed by atoms with Crippen LogP contribution in [0.3, 0.4) is 0 Å². The first-order chi connectivity index (χ1) is 9.92. The number of benzene rings is 1. The standard InChI is InChI=1S/C15H25N3O2S/c1-12-6-7-14(11-15(12)21(19,20)16-2)17-13-5-4-9-18(3)10-8-13/h6-7,11,13,16-17H,4-5,8-10H2,1-3H3. The van der Waals surface area contributed by atoms with Gasteiger partial charge in [0.25, 0.3) is 0 Å². The van der Waals surface area contributed by atoms with Crippen LogP contribution in [-0.4, -0.2) is 46.5 Å². The van der Waals surface area contributed by atoms with E-state index in [1.54, 1.807) is 6.07 Å². The first kappa shape index (κ1) is 16.3. The molecule has 2 rings (SSSR count). The van der Waals surface area contributed by atoms with Gasteiger partial charge in [-0.25, -0.2) is 13.1 Å². The summed E-state index contributed by atoms with van der Waals surface area (Å²) in [7, 11) is 0.179. The largest absolute Gasteiger partial charge is 0.382 e. The monoisotopic (exact) mass is 311 g/mol. The summed E-state index contributed by atoms with van der Waals surface area (Å²) in [4.78, 5) is 2.69. The first-order valence-corrected chi connectivity index (χ1v) is 8.90. The lowest BCUT2D eigenvalue weighted by Crippen LogP contribution is -2.23. The van der Waals surface area contributed by atoms with Gasteiger partial charge in [0.2, 0.25) is 10.0 Å². The van der Waals surface area contributed by atoms with Crippen molar-refractivity contribution in [2.24, 2.45) is 0 Å². The Balaban J connectivity index is 2.16. The van der Waals surface area contributed by atoms with Crippen LogP contribution in [0, 0.1) is 6.92 Å². The Hall–Kier alpha value is -1.11. The molecule has 0 bridgehead atoms. The maximum absolute atomic E-state index is 12.0. The van der Waals surface area contributed by atoms with Crippen molar-refractivity contribution in [2.45, 2.75) is 37.1 Å². The third-order valence-corrected chi connectivity index (χ3v) is 5.63. The molecule has 1 heterocycles. The van der Waals surface area contributed by atoms with Crippen LogP contribution in [0.15, 0.2) is 23.1 Å². The maximum Gasteiger partial charge on any atom is 0.240 e. The molecule has 1 atom stereocenters. The second kappa shape index (κ2) is 6.77. The molecule has 1 unspecified atom stereocenters. The highest BCUT2D eigenvalue weighted by Crippen LogP contribution is 2.22. The Bertz CT molecular complexity index is 587. The summed E-state index contributed by atoms with van der Waals surface area (Å²) in [5.41, 5.74) is 1.64. The van der Waals surface area contributed by atoms with Crippen molar-refractivity contribution in [1.29, 1.82) is 0 Å². The molecule has 1 aliphatic heterocycles. The summed E-state index contributed by atoms with van der Waals surface area (Å²) in [6, 6.07) is 5.95. The van der Waals surface area contributed by atoms with Gasteiger partial charge in [-0.05, 0) is 71.1 Å². The fraction of sp³-hybridized carbons (Fsp3) is 0.600. The zero-order valence-corrected chi connectivity index (χ0v) is 13.8. The Labute approximate surface area is 127 Å². The van der Waals surface area contributed by atoms with E-state index in [4.69, 9.17) is 0 Å². The van der Waals surface area contributed by atoms with Gasteiger partial charge >= 0.3 is 0 Å². The average Bonchev–Trinajstić information content (AvgIpc) is 2.66. The van der Waals surface area contributed by atoms with Crippen LogP contribution in [-0.2, 0) is 10.0 Å². The Morgan fingerprint density at radius 2 is 2.00 bits per heavy atom. The number of rotatable bonds is 4. The first-order valence-electron chi connectivity index (χ1n) is 7.41. The molecule has 21 heavy (non-hydrogen) atoms. The van der Waals surface area contributed by atoms with E-state index in [1.807, 2.05) is 19.1 Å². The van der Waals surface area contributed by atoms with Crippen molar-refractivity contribution in [2.75, 3.05) is 32.5 Å². The van der Waals surface area contributed by atoms with Gasteiger partial charge in [0.15, 0.2) is 0 Å². The lowest BCUT2D eigenvalue weighted by molar-refractivity contribution is 0.348. The molecule has 1 saturated heterocycles. The van der Waals surface area contributed by atoms with Crippen LogP contribution in [0.2, 0.25) is 0 Å². The SMILES string of the molecule is CNS(=O)(=O)c1cc(NC2CCCN(C)CC2)ccc1C. The molecular formula is C15H25N3O2S. The summed E-state index contributed by atoms with van der Waals surface area (Å²) >= 11 is 0. The second-order valence-electron chi connectivity index (χ2n) is 5.76. The highest BCUT2D eigenvalue weighted by Gasteiger charge is 2.18. The summed E-state index contributed by atoms with van der Waals surface area (Å²) in [5.74, 6) is 0. The molecule has 118 valence electrons. The van der Waals surface area contributed by atoms with E-state index in [0.29, 0.717) is 10.9 Å². The number of anilines is 1. The molecule has 6 heteroatoms. The lowest BCUT2D eigenvalue weighted by atomic mass is 10.1. The van der Waals surface area contributed by atoms with E-state index in [-0.39, 0.29) is 0 Å². The van der Waals surface area contributed by atoms with Gasteiger partial charge < -0.3 is 10.2 Å². The van der Waals surface area contributed by atoms with Crippen LogP contribution < -0.4 is 10.0 Å². The van der Waals surface area contributed by atoms with Crippen molar-refractivity contribution >= 4 is 15.7 Å². The minimum absolute atomic E-state index is 0.348. The smallest absolute Gasteiger partial charge is 0.240 e. The van der Waals surface area contributed by atoms with Gasteiger partial charge in [-0.15, -0.1) is 0 Å². The van der Waals surface area contributed by atoms with Crippen molar-refractivity contribution in [3.8, 4) is 0 Å². The number of nitrogens with zero attached hydrogens (tertiary/aromatic N) is 1. The number of aryl methyl sites for hydroxylation is 1. The molecule has 0 amide bonds. The number of sulfonamides is 1. The molecule has 1 fully saturated rings. The van der Waals surface area contributed by atoms with E-state index in [9.17, 15) is 8.42 Å². The topological polar surface area (TPSA) is 61.4 Å².